The van der Waals surface area contributed by atoms with Crippen molar-refractivity contribution in [1.82, 2.24) is 15.1 Å². The molecule has 0 aromatic heterocycles. The molecule has 2 N–H and O–H groups in total. The van der Waals surface area contributed by atoms with Gasteiger partial charge in [0.25, 0.3) is 0 Å². The Kier molecular flexibility index (Phi) is 4.15. The summed E-state index contributed by atoms with van der Waals surface area (Å²) >= 11 is 0. The van der Waals surface area contributed by atoms with Crippen LogP contribution in [0.4, 0.5) is 4.79 Å². The van der Waals surface area contributed by atoms with Crippen LogP contribution < -0.4 is 5.32 Å². The van der Waals surface area contributed by atoms with Crippen LogP contribution in [0.15, 0.2) is 0 Å². The highest BCUT2D eigenvalue weighted by Crippen LogP contribution is 2.11. The van der Waals surface area contributed by atoms with Crippen LogP contribution >= 0.6 is 0 Å². The van der Waals surface area contributed by atoms with Gasteiger partial charge in [-0.05, 0) is 6.92 Å². The number of amides is 3. The van der Waals surface area contributed by atoms with E-state index in [0.29, 0.717) is 26.2 Å². The topological polar surface area (TPSA) is 82.1 Å². The molecule has 2 rings (SSSR count). The Labute approximate surface area is 106 Å². The largest absolute Gasteiger partial charge is 0.394 e. The number of urea groups is 1. The van der Waals surface area contributed by atoms with E-state index in [4.69, 9.17) is 9.84 Å². The molecule has 0 aromatic carbocycles. The summed E-state index contributed by atoms with van der Waals surface area (Å²) in [6.45, 7) is 4.29. The van der Waals surface area contributed by atoms with Gasteiger partial charge in [-0.1, -0.05) is 0 Å². The van der Waals surface area contributed by atoms with Crippen molar-refractivity contribution in [3.8, 4) is 0 Å². The van der Waals surface area contributed by atoms with E-state index in [1.807, 2.05) is 6.92 Å². The van der Waals surface area contributed by atoms with Gasteiger partial charge >= 0.3 is 6.03 Å². The first-order valence-electron chi connectivity index (χ1n) is 6.16. The second-order valence-corrected chi connectivity index (χ2v) is 4.69. The van der Waals surface area contributed by atoms with E-state index < -0.39 is 0 Å². The number of rotatable bonds is 4. The molecule has 0 radical (unpaired) electrons. The molecule has 2 heterocycles. The molecule has 0 saturated carbocycles. The zero-order valence-corrected chi connectivity index (χ0v) is 10.5. The molecule has 2 atom stereocenters. The van der Waals surface area contributed by atoms with Crippen molar-refractivity contribution in [3.63, 3.8) is 0 Å². The number of hydrogen-bond donors (Lipinski definition) is 2. The zero-order valence-electron chi connectivity index (χ0n) is 10.5. The van der Waals surface area contributed by atoms with Crippen molar-refractivity contribution < 1.29 is 19.4 Å². The smallest absolute Gasteiger partial charge is 0.324 e. The molecule has 2 saturated heterocycles. The fraction of sp³-hybridized carbons (Fsp3) is 0.818. The summed E-state index contributed by atoms with van der Waals surface area (Å²) in [6, 6.07) is -0.0896. The summed E-state index contributed by atoms with van der Waals surface area (Å²) in [5.41, 5.74) is 0. The molecule has 3 amide bonds. The number of nitrogens with zero attached hydrogens (tertiary/aromatic N) is 2. The van der Waals surface area contributed by atoms with E-state index in [2.05, 4.69) is 10.2 Å². The number of carbonyl (C=O) groups excluding carboxylic acids is 2. The summed E-state index contributed by atoms with van der Waals surface area (Å²) < 4.78 is 5.43. The first-order chi connectivity index (χ1) is 8.61. The minimum atomic E-state index is -0.320. The summed E-state index contributed by atoms with van der Waals surface area (Å²) in [7, 11) is 0. The lowest BCUT2D eigenvalue weighted by atomic mass is 10.2. The Bertz CT molecular complexity index is 320. The standard InChI is InChI=1S/C11H19N3O4/c1-8-7-18-9(6-15)5-13(8)2-3-14-10(16)4-12-11(14)17/h8-9,15H,2-7H2,1H3,(H,12,17). The lowest BCUT2D eigenvalue weighted by Crippen LogP contribution is -2.52. The number of ether oxygens (including phenoxy) is 1. The van der Waals surface area contributed by atoms with Crippen LogP contribution in [0.3, 0.4) is 0 Å². The van der Waals surface area contributed by atoms with Gasteiger partial charge in [0.2, 0.25) is 5.91 Å². The predicted molar refractivity (Wildman–Crippen MR) is 63.0 cm³/mol. The Morgan fingerprint density at radius 1 is 1.44 bits per heavy atom. The molecule has 7 nitrogen and oxygen atoms in total. The van der Waals surface area contributed by atoms with Gasteiger partial charge < -0.3 is 15.2 Å². The quantitative estimate of drug-likeness (QED) is 0.607. The van der Waals surface area contributed by atoms with Crippen LogP contribution in [0.2, 0.25) is 0 Å². The average molecular weight is 257 g/mol. The average Bonchev–Trinajstić information content (AvgIpc) is 2.68. The normalized spacial score (nSPS) is 29.8. The second kappa shape index (κ2) is 5.64. The number of carbonyl (C=O) groups is 2. The van der Waals surface area contributed by atoms with E-state index in [-0.39, 0.29) is 37.2 Å². The number of aliphatic hydroxyl groups excluding tert-OH is 1. The third kappa shape index (κ3) is 2.80. The molecule has 0 aliphatic carbocycles. The van der Waals surface area contributed by atoms with Crippen molar-refractivity contribution in [1.29, 1.82) is 0 Å². The minimum absolute atomic E-state index is 0.00759. The van der Waals surface area contributed by atoms with Crippen molar-refractivity contribution in [2.24, 2.45) is 0 Å². The lowest BCUT2D eigenvalue weighted by Gasteiger charge is -2.37. The van der Waals surface area contributed by atoms with Crippen molar-refractivity contribution in [2.45, 2.75) is 19.1 Å². The van der Waals surface area contributed by atoms with Crippen LogP contribution in [0, 0.1) is 0 Å². The van der Waals surface area contributed by atoms with E-state index in [1.165, 1.54) is 4.90 Å². The van der Waals surface area contributed by atoms with Crippen LogP contribution in [-0.4, -0.2) is 78.4 Å². The Morgan fingerprint density at radius 3 is 2.83 bits per heavy atom. The van der Waals surface area contributed by atoms with E-state index in [0.717, 1.165) is 0 Å². The second-order valence-electron chi connectivity index (χ2n) is 4.69. The number of nitrogens with one attached hydrogen (secondary N) is 1. The fourth-order valence-corrected chi connectivity index (χ4v) is 2.21. The molecule has 7 heteroatoms. The number of aliphatic hydroxyl groups is 1. The predicted octanol–water partition coefficient (Wildman–Crippen LogP) is -1.38. The Hall–Kier alpha value is -1.18. The Balaban J connectivity index is 1.84. The van der Waals surface area contributed by atoms with E-state index >= 15 is 0 Å². The van der Waals surface area contributed by atoms with E-state index in [1.54, 1.807) is 0 Å². The molecule has 2 fully saturated rings. The maximum absolute atomic E-state index is 11.4. The SMILES string of the molecule is CC1COC(CO)CN1CCN1C(=O)CNC1=O. The number of morpholine rings is 1. The maximum atomic E-state index is 11.4. The molecule has 0 bridgehead atoms. The van der Waals surface area contributed by atoms with Gasteiger partial charge in [-0.15, -0.1) is 0 Å². The summed E-state index contributed by atoms with van der Waals surface area (Å²) in [5, 5.41) is 11.6. The summed E-state index contributed by atoms with van der Waals surface area (Å²) in [5.74, 6) is -0.181. The Morgan fingerprint density at radius 2 is 2.22 bits per heavy atom. The van der Waals surface area contributed by atoms with Gasteiger partial charge in [0.1, 0.15) is 0 Å². The third-order valence-corrected chi connectivity index (χ3v) is 3.39. The summed E-state index contributed by atoms with van der Waals surface area (Å²) in [4.78, 5) is 26.1. The molecule has 2 unspecified atom stereocenters. The van der Waals surface area contributed by atoms with E-state index in [9.17, 15) is 9.59 Å². The number of imide groups is 1. The maximum Gasteiger partial charge on any atom is 0.324 e. The monoisotopic (exact) mass is 257 g/mol. The number of hydrogen-bond acceptors (Lipinski definition) is 5. The summed E-state index contributed by atoms with van der Waals surface area (Å²) in [6.07, 6.45) is -0.177. The molecule has 2 aliphatic rings. The minimum Gasteiger partial charge on any atom is -0.394 e. The molecule has 0 spiro atoms. The van der Waals surface area contributed by atoms with Crippen LogP contribution in [0.1, 0.15) is 6.92 Å². The van der Waals surface area contributed by atoms with Crippen LogP contribution in [0.25, 0.3) is 0 Å². The molecule has 102 valence electrons. The molecule has 18 heavy (non-hydrogen) atoms. The molecular weight excluding hydrogens is 238 g/mol. The van der Waals surface area contributed by atoms with Gasteiger partial charge in [0, 0.05) is 25.7 Å². The molecule has 0 aromatic rings. The highest BCUT2D eigenvalue weighted by atomic mass is 16.5. The first-order valence-corrected chi connectivity index (χ1v) is 6.16. The van der Waals surface area contributed by atoms with Gasteiger partial charge in [0.05, 0.1) is 25.9 Å². The van der Waals surface area contributed by atoms with Gasteiger partial charge in [0.15, 0.2) is 0 Å². The van der Waals surface area contributed by atoms with Gasteiger partial charge in [-0.3, -0.25) is 14.6 Å². The third-order valence-electron chi connectivity index (χ3n) is 3.39. The van der Waals surface area contributed by atoms with Crippen molar-refractivity contribution >= 4 is 11.9 Å². The zero-order chi connectivity index (χ0) is 13.1. The molecular formula is C11H19N3O4. The first kappa shape index (κ1) is 13.3. The highest BCUT2D eigenvalue weighted by Gasteiger charge is 2.30. The van der Waals surface area contributed by atoms with Crippen molar-refractivity contribution in [3.05, 3.63) is 0 Å². The van der Waals surface area contributed by atoms with Crippen LogP contribution in [-0.2, 0) is 9.53 Å². The lowest BCUT2D eigenvalue weighted by molar-refractivity contribution is -0.125. The fourth-order valence-electron chi connectivity index (χ4n) is 2.21. The van der Waals surface area contributed by atoms with Gasteiger partial charge in [-0.2, -0.15) is 0 Å². The highest BCUT2D eigenvalue weighted by molar-refractivity contribution is 6.01. The molecule has 2 aliphatic heterocycles. The van der Waals surface area contributed by atoms with Crippen molar-refractivity contribution in [2.75, 3.05) is 39.4 Å². The van der Waals surface area contributed by atoms with Gasteiger partial charge in [-0.25, -0.2) is 4.79 Å². The van der Waals surface area contributed by atoms with Crippen LogP contribution in [0.5, 0.6) is 0 Å².